The summed E-state index contributed by atoms with van der Waals surface area (Å²) in [5, 5.41) is 73.3. The van der Waals surface area contributed by atoms with E-state index in [-0.39, 0.29) is 41.3 Å². The molecule has 0 saturated heterocycles. The number of carboxylic acid groups (broad SMARTS) is 2. The Hall–Kier alpha value is -1.51. The molecule has 14 rings (SSSR count). The van der Waals surface area contributed by atoms with Gasteiger partial charge in [0.15, 0.2) is 0 Å². The zero-order valence-electron chi connectivity index (χ0n) is 94.3. The summed E-state index contributed by atoms with van der Waals surface area (Å²) < 4.78 is 37.2. The second kappa shape index (κ2) is 58.9. The van der Waals surface area contributed by atoms with Gasteiger partial charge < -0.3 is 40.9 Å². The quantitative estimate of drug-likeness (QED) is 0.0781. The molecule has 0 spiro atoms. The smallest absolute Gasteiger partial charge is 0.395 e. The first-order valence-corrected chi connectivity index (χ1v) is 56.1. The molecule has 0 aromatic carbocycles. The molecule has 14 aliphatic rings. The molecule has 8 N–H and O–H groups in total. The van der Waals surface area contributed by atoms with Crippen molar-refractivity contribution in [2.24, 2.45) is 173 Å². The molecule has 6 atom stereocenters. The number of rotatable bonds is 15. The van der Waals surface area contributed by atoms with Gasteiger partial charge in [-0.25, -0.2) is 0 Å². The van der Waals surface area contributed by atoms with Gasteiger partial charge in [-0.3, -0.25) is 9.59 Å². The Morgan fingerprint density at radius 1 is 0.356 bits per heavy atom. The lowest BCUT2D eigenvalue weighted by Crippen LogP contribution is -2.36. The molecule has 10 nitrogen and oxygen atoms in total. The first-order valence-electron chi connectivity index (χ1n) is 56.1. The Morgan fingerprint density at radius 3 is 0.879 bits per heavy atom. The van der Waals surface area contributed by atoms with E-state index in [2.05, 4.69) is 208 Å². The van der Waals surface area contributed by atoms with E-state index in [0.717, 1.165) is 184 Å². The van der Waals surface area contributed by atoms with Gasteiger partial charge in [-0.1, -0.05) is 300 Å². The minimum Gasteiger partial charge on any atom is -0.481 e. The summed E-state index contributed by atoms with van der Waals surface area (Å²) >= 11 is 0. The van der Waals surface area contributed by atoms with Crippen LogP contribution in [-0.4, -0.2) is 95.6 Å². The van der Waals surface area contributed by atoms with Crippen molar-refractivity contribution in [3.8, 4) is 0 Å². The monoisotopic (exact) mass is 1880 g/mol. The van der Waals surface area contributed by atoms with Crippen LogP contribution < -0.4 is 0 Å². The molecule has 13 heteroatoms. The van der Waals surface area contributed by atoms with Crippen molar-refractivity contribution in [2.75, 3.05) is 6.61 Å². The van der Waals surface area contributed by atoms with Crippen molar-refractivity contribution in [3.63, 3.8) is 0 Å². The van der Waals surface area contributed by atoms with Gasteiger partial charge in [0, 0.05) is 6.61 Å². The molecule has 0 heterocycles. The topological polar surface area (TPSA) is 196 Å². The van der Waals surface area contributed by atoms with E-state index in [9.17, 15) is 48.3 Å². The summed E-state index contributed by atoms with van der Waals surface area (Å²) in [6, 6.07) is 0. The van der Waals surface area contributed by atoms with Crippen molar-refractivity contribution in [2.45, 2.75) is 568 Å². The van der Waals surface area contributed by atoms with E-state index in [4.69, 9.17) is 15.3 Å². The van der Waals surface area contributed by atoms with Crippen LogP contribution in [-0.2, 0) is 9.59 Å². The van der Waals surface area contributed by atoms with Crippen molar-refractivity contribution in [1.82, 2.24) is 0 Å². The number of aliphatic carboxylic acids is 2. The average molecular weight is 1880 g/mol. The fourth-order valence-electron chi connectivity index (χ4n) is 21.8. The Balaban J connectivity index is 0.000000713. The maximum atomic E-state index is 12.4. The number of aliphatic hydroxyl groups excluding tert-OH is 5. The van der Waals surface area contributed by atoms with Crippen LogP contribution in [0.2, 0.25) is 0 Å². The van der Waals surface area contributed by atoms with E-state index >= 15 is 0 Å². The van der Waals surface area contributed by atoms with Crippen LogP contribution in [0.1, 0.15) is 532 Å². The van der Waals surface area contributed by atoms with Gasteiger partial charge in [-0.15, -0.1) is 0 Å². The Morgan fingerprint density at radius 2 is 0.705 bits per heavy atom. The van der Waals surface area contributed by atoms with E-state index in [0.29, 0.717) is 76.6 Å². The van der Waals surface area contributed by atoms with Crippen LogP contribution in [0.4, 0.5) is 13.2 Å². The van der Waals surface area contributed by atoms with Crippen molar-refractivity contribution >= 4 is 11.9 Å². The van der Waals surface area contributed by atoms with Gasteiger partial charge in [0.05, 0.1) is 46.8 Å². The maximum Gasteiger partial charge on any atom is 0.395 e. The van der Waals surface area contributed by atoms with Gasteiger partial charge >= 0.3 is 18.1 Å². The highest BCUT2D eigenvalue weighted by molar-refractivity contribution is 5.78. The van der Waals surface area contributed by atoms with Crippen LogP contribution in [0.5, 0.6) is 0 Å². The highest BCUT2D eigenvalue weighted by Crippen LogP contribution is 2.67. The lowest BCUT2D eigenvalue weighted by Gasteiger charge is -2.42. The van der Waals surface area contributed by atoms with Gasteiger partial charge in [-0.05, 0) is 388 Å². The highest BCUT2D eigenvalue weighted by Gasteiger charge is 2.68. The third-order valence-corrected chi connectivity index (χ3v) is 36.9. The zero-order valence-corrected chi connectivity index (χ0v) is 94.3. The van der Waals surface area contributed by atoms with Crippen LogP contribution in [0.15, 0.2) is 0 Å². The van der Waals surface area contributed by atoms with Crippen LogP contribution >= 0.6 is 0 Å². The number of aliphatic hydroxyl groups is 6. The van der Waals surface area contributed by atoms with Gasteiger partial charge in [0.25, 0.3) is 0 Å². The summed E-state index contributed by atoms with van der Waals surface area (Å²) in [5.74, 6) is 14.7. The fourth-order valence-corrected chi connectivity index (χ4v) is 21.8. The second-order valence-corrected chi connectivity index (χ2v) is 54.3. The molecule has 132 heavy (non-hydrogen) atoms. The molecule has 0 aromatic rings. The van der Waals surface area contributed by atoms with E-state index < -0.39 is 28.9 Å². The fraction of sp³-hybridized carbons (Fsp3) is 0.983. The normalized spacial score (nSPS) is 29.7. The molecule has 788 valence electrons. The van der Waals surface area contributed by atoms with Crippen LogP contribution in [0.3, 0.4) is 0 Å². The average Bonchev–Trinajstić information content (AvgIpc) is 1.57. The highest BCUT2D eigenvalue weighted by atomic mass is 19.4. The molecule has 0 bridgehead atoms. The number of halogens is 3. The molecule has 0 aliphatic heterocycles. The van der Waals surface area contributed by atoms with Gasteiger partial charge in [0.1, 0.15) is 0 Å². The van der Waals surface area contributed by atoms with E-state index in [1.165, 1.54) is 180 Å². The van der Waals surface area contributed by atoms with Crippen LogP contribution in [0.25, 0.3) is 0 Å². The van der Waals surface area contributed by atoms with Crippen molar-refractivity contribution in [3.05, 3.63) is 0 Å². The number of carboxylic acids is 2. The first-order chi connectivity index (χ1) is 60.5. The predicted molar refractivity (Wildman–Crippen MR) is 560 cm³/mol. The Bertz CT molecular complexity index is 2910. The predicted octanol–water partition coefficient (Wildman–Crippen LogP) is 34.6. The zero-order chi connectivity index (χ0) is 102. The van der Waals surface area contributed by atoms with Gasteiger partial charge in [-0.2, -0.15) is 13.2 Å². The summed E-state index contributed by atoms with van der Waals surface area (Å²) in [6.07, 6.45) is 48.9. The Labute approximate surface area is 818 Å². The van der Waals surface area contributed by atoms with Crippen LogP contribution in [0, 0.1) is 173 Å². The van der Waals surface area contributed by atoms with Crippen molar-refractivity contribution < 1.29 is 63.6 Å². The second-order valence-electron chi connectivity index (χ2n) is 54.3. The largest absolute Gasteiger partial charge is 0.481 e. The molecule has 0 aromatic heterocycles. The number of hydrogen-bond donors (Lipinski definition) is 8. The summed E-state index contributed by atoms with van der Waals surface area (Å²) in [6.45, 7) is 80.0. The van der Waals surface area contributed by atoms with Gasteiger partial charge in [0.2, 0.25) is 0 Å². The minimum atomic E-state index is -4.01. The SMILES string of the molecule is CC(C)(C)C1(C(F)(F)F)CC1.CC(C)(C)C1CC1.CC(C)(C)C1CCC(O)C1.CC(C)(C)C1CCC1.CC(C)C1(C(=O)O)CC1.CC(C)C1(C)CC1.CC(C)C1(C)CCC1.CC(C)C1(CO)CC1.CC(C)C1CCC(C(=O)O)CC1.CC(C)C1CCC(C)(O)CC1.CC(C)C1CCC(O)CC1.CC(C)C1CCCC1O.CC(C)C1CCCCC1O.CCCC1CCC(C(C)C)CC1. The molecule has 14 fully saturated rings. The third kappa shape index (κ3) is 48.5. The number of carbonyl (C=O) groups is 2. The minimum absolute atomic E-state index is 0.00463. The lowest BCUT2D eigenvalue weighted by atomic mass is 9.64. The summed E-state index contributed by atoms with van der Waals surface area (Å²) in [5.41, 5.74) is 0.729. The maximum absolute atomic E-state index is 12.4. The standard InChI is InChI=1S/C12H24.C10H18O2.C10H20O.3C9H18O.C8H13F3.C8H16O.2C8H16.C7H12O2.C7H14O.2C7H14/c1-4-5-11-6-8-12(9-7-11)10(2)3;1-7(2)8-3-5-9(6-4-8)10(11)12;1-8(2)9-4-6-10(3,11)7-5-9;1-9(2,3)7-4-5-8(10)6-7;1-7(2)8-3-5-9(10)6-4-8;1-7(2)8-5-3-4-6-9(8)10;1-6(2,3)7(4-5-7)8(9,10)11;1-6(2)7-4-3-5-8(7)9;1-8(2,3)7-5-4-6-7;1-7(2)8(3)5-4-6-8;1-5(2)7(3-4-7)6(8)9;1-6(2)7(5-8)3-4-7;1-7(2,3)6-4-5-6;1-6(2)7(3)4-5-7/h10-12H,4-9H2,1-3H3;7-9H,3-6H2,1-2H3,(H,11,12);8-9,11H,4-7H2,1-3H3;7-8,10H,4-6H2,1-3H3;2*7-10H,3-6H2,1-2H3;4-5H2,1-3H3;6-9H,3-5H2,1-2H3;2*7H,4-6H2,1-3H3;5H,3-4H2,1-2H3,(H,8,9);6,8H,3-5H2,1-2H3;2*6H,4-5H2,1-3H3. The Kier molecular flexibility index (Phi) is 57.4. The summed E-state index contributed by atoms with van der Waals surface area (Å²) in [7, 11) is 0. The molecule has 14 aliphatic carbocycles. The first kappa shape index (κ1) is 128. The molecule has 0 amide bonds. The molecular weight excluding hydrogens is 1650 g/mol. The summed E-state index contributed by atoms with van der Waals surface area (Å²) in [4.78, 5) is 21.2. The van der Waals surface area contributed by atoms with Crippen molar-refractivity contribution in [1.29, 1.82) is 0 Å². The van der Waals surface area contributed by atoms with E-state index in [1.807, 2.05) is 20.8 Å². The molecule has 6 unspecified atom stereocenters. The molecular formula is C119H231F3O10. The number of alkyl halides is 3. The van der Waals surface area contributed by atoms with E-state index in [1.54, 1.807) is 20.8 Å². The molecule has 14 saturated carbocycles. The number of hydrogen-bond acceptors (Lipinski definition) is 8. The molecule has 0 radical (unpaired) electrons. The lowest BCUT2D eigenvalue weighted by molar-refractivity contribution is -0.215. The third-order valence-electron chi connectivity index (χ3n) is 36.9.